The molecule has 0 radical (unpaired) electrons. The molecule has 0 aliphatic rings. The van der Waals surface area contributed by atoms with Crippen LogP contribution in [0.15, 0.2) is 164 Å². The Hall–Kier alpha value is -8.20. The minimum atomic E-state index is -4.93. The van der Waals surface area contributed by atoms with Crippen LogP contribution in [0, 0.1) is 0 Å². The first-order valence-corrected chi connectivity index (χ1v) is 27.5. The lowest BCUT2D eigenvalue weighted by atomic mass is 10.0. The molecule has 0 aliphatic heterocycles. The minimum Gasteiger partial charge on any atom is -0.369 e. The highest BCUT2D eigenvalue weighted by Crippen LogP contribution is 2.56. The van der Waals surface area contributed by atoms with E-state index in [4.69, 9.17) is 28.5 Å². The maximum atomic E-state index is 17.5. The van der Waals surface area contributed by atoms with Crippen molar-refractivity contribution in [2.75, 3.05) is 0 Å². The first-order valence-electron chi connectivity index (χ1n) is 26.0. The molecule has 368 valence electrons. The highest BCUT2D eigenvalue weighted by atomic mass is 31.2. The Morgan fingerprint density at radius 1 is 0.338 bits per heavy atom. The standard InChI is InChI=1S/C63H57N6O4P/c1-7-43-46(10-4)61(67-52-37-25-22-34-49(52)64-55(58(43)67)40-28-16-13-17-29-40)71-74(70,72-62-47(11-5)44(8-2)59-56(41-30-18-14-19-31-41)65-50-35-23-26-38-53(50)68(59)62)73-63-48(12-6)45(9-3)60-57(42-32-20-15-21-33-42)66-51-36-24-27-39-54(51)69(60)63/h13-39H,7-12H2,1-6H3. The zero-order valence-electron chi connectivity index (χ0n) is 42.6. The first kappa shape index (κ1) is 46.8. The number of hydrogen-bond donors (Lipinski definition) is 0. The summed E-state index contributed by atoms with van der Waals surface area (Å²) in [7, 11) is -4.93. The van der Waals surface area contributed by atoms with Crippen LogP contribution in [0.2, 0.25) is 0 Å². The third-order valence-corrected chi connectivity index (χ3v) is 15.8. The van der Waals surface area contributed by atoms with Gasteiger partial charge in [-0.1, -0.05) is 169 Å². The van der Waals surface area contributed by atoms with Gasteiger partial charge in [0.05, 0.1) is 66.7 Å². The van der Waals surface area contributed by atoms with Crippen LogP contribution in [0.25, 0.3) is 83.4 Å². The molecular formula is C63H57N6O4P. The van der Waals surface area contributed by atoms with Crippen molar-refractivity contribution < 1.29 is 18.1 Å². The van der Waals surface area contributed by atoms with Crippen molar-refractivity contribution in [1.82, 2.24) is 28.2 Å². The van der Waals surface area contributed by atoms with Crippen LogP contribution in [0.5, 0.6) is 17.6 Å². The molecule has 0 unspecified atom stereocenters. The van der Waals surface area contributed by atoms with Crippen molar-refractivity contribution in [3.8, 4) is 51.4 Å². The predicted octanol–water partition coefficient (Wildman–Crippen LogP) is 16.1. The van der Waals surface area contributed by atoms with Gasteiger partial charge in [0.1, 0.15) is 0 Å². The molecule has 0 amide bonds. The molecule has 6 aromatic heterocycles. The van der Waals surface area contributed by atoms with Crippen LogP contribution in [-0.4, -0.2) is 28.2 Å². The number of fused-ring (bicyclic) bond motifs is 9. The molecule has 6 heterocycles. The smallest absolute Gasteiger partial charge is 0.369 e. The van der Waals surface area contributed by atoms with E-state index in [0.29, 0.717) is 56.2 Å². The summed E-state index contributed by atoms with van der Waals surface area (Å²) in [5.41, 5.74) is 18.5. The Kier molecular flexibility index (Phi) is 12.0. The van der Waals surface area contributed by atoms with Gasteiger partial charge in [-0.05, 0) is 91.6 Å². The summed E-state index contributed by atoms with van der Waals surface area (Å²) in [6, 6.07) is 54.9. The van der Waals surface area contributed by atoms with Crippen molar-refractivity contribution in [2.24, 2.45) is 0 Å². The third-order valence-electron chi connectivity index (χ3n) is 14.6. The van der Waals surface area contributed by atoms with Crippen LogP contribution in [0.3, 0.4) is 0 Å². The van der Waals surface area contributed by atoms with Crippen molar-refractivity contribution >= 4 is 57.5 Å². The van der Waals surface area contributed by atoms with Crippen molar-refractivity contribution in [3.63, 3.8) is 0 Å². The normalized spacial score (nSPS) is 12.0. The Bertz CT molecular complexity index is 3740. The minimum absolute atomic E-state index is 0.385. The van der Waals surface area contributed by atoms with E-state index in [-0.39, 0.29) is 0 Å². The molecule has 0 saturated heterocycles. The average molecular weight is 993 g/mol. The summed E-state index contributed by atoms with van der Waals surface area (Å²) in [6.45, 7) is 12.8. The van der Waals surface area contributed by atoms with E-state index in [1.807, 2.05) is 127 Å². The van der Waals surface area contributed by atoms with E-state index in [1.54, 1.807) is 0 Å². The summed E-state index contributed by atoms with van der Waals surface area (Å²) in [6.07, 6.45) is 3.69. The van der Waals surface area contributed by atoms with E-state index in [2.05, 4.69) is 91.1 Å². The van der Waals surface area contributed by atoms with Crippen molar-refractivity contribution in [1.29, 1.82) is 0 Å². The number of aromatic nitrogens is 6. The van der Waals surface area contributed by atoms with Crippen LogP contribution in [0.4, 0.5) is 0 Å². The number of phosphoric acid groups is 1. The number of para-hydroxylation sites is 6. The SMILES string of the molecule is CCc1c(CC)c2c(-c3ccccc3)nc3ccccc3n2c1OP(=O)(Oc1c(CC)c(CC)c2c(-c3ccccc3)nc3ccccc3n12)Oc1c(CC)c(CC)c2c(-c3ccccc3)nc3ccccc3n12. The number of benzene rings is 6. The topological polar surface area (TPSA) is 96.7 Å². The highest BCUT2D eigenvalue weighted by molar-refractivity contribution is 7.49. The molecule has 6 aromatic carbocycles. The van der Waals surface area contributed by atoms with E-state index >= 15 is 4.57 Å². The Labute approximate surface area is 430 Å². The number of hydrogen-bond acceptors (Lipinski definition) is 7. The molecule has 0 fully saturated rings. The molecule has 0 aliphatic carbocycles. The van der Waals surface area contributed by atoms with E-state index in [9.17, 15) is 0 Å². The lowest BCUT2D eigenvalue weighted by Gasteiger charge is -2.22. The maximum absolute atomic E-state index is 17.5. The fourth-order valence-corrected chi connectivity index (χ4v) is 12.7. The lowest BCUT2D eigenvalue weighted by molar-refractivity contribution is 0.283. The molecule has 74 heavy (non-hydrogen) atoms. The Balaban J connectivity index is 1.20. The monoisotopic (exact) mass is 992 g/mol. The molecule has 0 spiro atoms. The van der Waals surface area contributed by atoms with Crippen molar-refractivity contribution in [3.05, 3.63) is 197 Å². The van der Waals surface area contributed by atoms with Crippen LogP contribution in [0.1, 0.15) is 74.9 Å². The largest absolute Gasteiger partial charge is 0.650 e. The van der Waals surface area contributed by atoms with Gasteiger partial charge < -0.3 is 13.6 Å². The fraction of sp³-hybridized carbons (Fsp3) is 0.190. The van der Waals surface area contributed by atoms with Crippen LogP contribution < -0.4 is 13.6 Å². The zero-order valence-corrected chi connectivity index (χ0v) is 43.5. The van der Waals surface area contributed by atoms with E-state index < -0.39 is 7.82 Å². The highest BCUT2D eigenvalue weighted by Gasteiger charge is 2.42. The molecule has 12 aromatic rings. The van der Waals surface area contributed by atoms with Gasteiger partial charge in [-0.3, -0.25) is 13.2 Å². The number of aryl methyl sites for hydroxylation is 3. The maximum Gasteiger partial charge on any atom is 0.650 e. The second-order valence-electron chi connectivity index (χ2n) is 18.6. The molecular weight excluding hydrogens is 936 g/mol. The van der Waals surface area contributed by atoms with Crippen LogP contribution in [-0.2, 0) is 43.1 Å². The Morgan fingerprint density at radius 3 is 0.838 bits per heavy atom. The van der Waals surface area contributed by atoms with E-state index in [0.717, 1.165) is 117 Å². The summed E-state index contributed by atoms with van der Waals surface area (Å²) >= 11 is 0. The lowest BCUT2D eigenvalue weighted by Crippen LogP contribution is -2.13. The number of phosphoric ester groups is 1. The Morgan fingerprint density at radius 2 is 0.581 bits per heavy atom. The molecule has 12 rings (SSSR count). The van der Waals surface area contributed by atoms with Crippen LogP contribution >= 0.6 is 7.82 Å². The van der Waals surface area contributed by atoms with E-state index in [1.165, 1.54) is 0 Å². The summed E-state index contributed by atoms with van der Waals surface area (Å²) in [4.78, 5) is 16.0. The third kappa shape index (κ3) is 7.45. The molecule has 11 heteroatoms. The summed E-state index contributed by atoms with van der Waals surface area (Å²) < 4.78 is 46.1. The zero-order chi connectivity index (χ0) is 50.7. The second kappa shape index (κ2) is 19.0. The quantitative estimate of drug-likeness (QED) is 0.0944. The van der Waals surface area contributed by atoms with Gasteiger partial charge in [0, 0.05) is 33.4 Å². The van der Waals surface area contributed by atoms with Gasteiger partial charge in [0.25, 0.3) is 0 Å². The fourth-order valence-electron chi connectivity index (χ4n) is 11.4. The van der Waals surface area contributed by atoms with Gasteiger partial charge in [-0.25, -0.2) is 15.0 Å². The predicted molar refractivity (Wildman–Crippen MR) is 300 cm³/mol. The molecule has 10 nitrogen and oxygen atoms in total. The number of rotatable bonds is 15. The van der Waals surface area contributed by atoms with Gasteiger partial charge in [-0.15, -0.1) is 0 Å². The van der Waals surface area contributed by atoms with Gasteiger partial charge in [-0.2, -0.15) is 4.57 Å². The van der Waals surface area contributed by atoms with Gasteiger partial charge >= 0.3 is 7.82 Å². The van der Waals surface area contributed by atoms with Gasteiger partial charge in [0.15, 0.2) is 0 Å². The molecule has 0 atom stereocenters. The molecule has 0 bridgehead atoms. The summed E-state index contributed by atoms with van der Waals surface area (Å²) in [5, 5.41) is 0. The average Bonchev–Trinajstić information content (AvgIpc) is 4.07. The first-order chi connectivity index (χ1) is 36.3. The summed E-state index contributed by atoms with van der Waals surface area (Å²) in [5.74, 6) is 1.15. The van der Waals surface area contributed by atoms with Crippen molar-refractivity contribution in [2.45, 2.75) is 80.1 Å². The molecule has 0 saturated carbocycles. The molecule has 0 N–H and O–H groups in total. The van der Waals surface area contributed by atoms with Gasteiger partial charge in [0.2, 0.25) is 17.6 Å². The number of nitrogens with zero attached hydrogens (tertiary/aromatic N) is 6. The second-order valence-corrected chi connectivity index (χ2v) is 20.1.